The quantitative estimate of drug-likeness (QED) is 0.726. The molecule has 2 aromatic carbocycles. The van der Waals surface area contributed by atoms with Gasteiger partial charge in [-0.3, -0.25) is 0 Å². The largest absolute Gasteiger partial charge is 0.373 e. The summed E-state index contributed by atoms with van der Waals surface area (Å²) in [7, 11) is 1.89. The molecular formula is C16H14N2. The fourth-order valence-corrected chi connectivity index (χ4v) is 2.16. The zero-order chi connectivity index (χ0) is 12.4. The molecule has 0 fully saturated rings. The van der Waals surface area contributed by atoms with E-state index in [0.29, 0.717) is 0 Å². The highest BCUT2D eigenvalue weighted by atomic mass is 15.0. The minimum absolute atomic E-state index is 0.896. The van der Waals surface area contributed by atoms with Crippen LogP contribution in [0.2, 0.25) is 0 Å². The standard InChI is InChI=1S/C16H14N2/c1-17-16-11-14(12-7-3-2-4-8-12)13-9-5-6-10-15(13)18-16/h2-11H,1H3,(H,17,18). The lowest BCUT2D eigenvalue weighted by atomic mass is 10.0. The second-order valence-corrected chi connectivity index (χ2v) is 4.19. The molecule has 0 aliphatic heterocycles. The van der Waals surface area contributed by atoms with E-state index in [-0.39, 0.29) is 0 Å². The Morgan fingerprint density at radius 2 is 1.61 bits per heavy atom. The predicted octanol–water partition coefficient (Wildman–Crippen LogP) is 3.94. The van der Waals surface area contributed by atoms with Crippen molar-refractivity contribution in [3.05, 3.63) is 60.7 Å². The number of benzene rings is 2. The summed E-state index contributed by atoms with van der Waals surface area (Å²) in [6.45, 7) is 0. The highest BCUT2D eigenvalue weighted by Crippen LogP contribution is 2.29. The van der Waals surface area contributed by atoms with Gasteiger partial charge in [0.25, 0.3) is 0 Å². The fourth-order valence-electron chi connectivity index (χ4n) is 2.16. The number of aromatic nitrogens is 1. The summed E-state index contributed by atoms with van der Waals surface area (Å²) in [5, 5.41) is 4.30. The maximum absolute atomic E-state index is 4.57. The van der Waals surface area contributed by atoms with Crippen LogP contribution in [0.3, 0.4) is 0 Å². The molecule has 1 N–H and O–H groups in total. The van der Waals surface area contributed by atoms with Crippen molar-refractivity contribution in [3.8, 4) is 11.1 Å². The smallest absolute Gasteiger partial charge is 0.127 e. The molecule has 1 aromatic heterocycles. The molecule has 3 aromatic rings. The summed E-state index contributed by atoms with van der Waals surface area (Å²) >= 11 is 0. The van der Waals surface area contributed by atoms with E-state index in [0.717, 1.165) is 11.3 Å². The van der Waals surface area contributed by atoms with E-state index in [1.165, 1.54) is 16.5 Å². The number of pyridine rings is 1. The molecule has 0 amide bonds. The molecule has 0 atom stereocenters. The van der Waals surface area contributed by atoms with Gasteiger partial charge >= 0.3 is 0 Å². The van der Waals surface area contributed by atoms with Gasteiger partial charge in [0.05, 0.1) is 5.52 Å². The second-order valence-electron chi connectivity index (χ2n) is 4.19. The fraction of sp³-hybridized carbons (Fsp3) is 0.0625. The van der Waals surface area contributed by atoms with Crippen molar-refractivity contribution in [2.75, 3.05) is 12.4 Å². The number of nitrogens with one attached hydrogen (secondary N) is 1. The molecule has 0 aliphatic carbocycles. The van der Waals surface area contributed by atoms with E-state index >= 15 is 0 Å². The third kappa shape index (κ3) is 1.82. The molecule has 88 valence electrons. The van der Waals surface area contributed by atoms with Gasteiger partial charge < -0.3 is 5.32 Å². The average molecular weight is 234 g/mol. The lowest BCUT2D eigenvalue weighted by molar-refractivity contribution is 1.34. The predicted molar refractivity (Wildman–Crippen MR) is 76.7 cm³/mol. The van der Waals surface area contributed by atoms with Gasteiger partial charge in [-0.1, -0.05) is 48.5 Å². The minimum Gasteiger partial charge on any atom is -0.373 e. The van der Waals surface area contributed by atoms with Crippen LogP contribution in [0.15, 0.2) is 60.7 Å². The summed E-state index contributed by atoms with van der Waals surface area (Å²) in [6, 6.07) is 20.7. The lowest BCUT2D eigenvalue weighted by Crippen LogP contribution is -1.94. The molecule has 0 saturated carbocycles. The van der Waals surface area contributed by atoms with Gasteiger partial charge in [-0.2, -0.15) is 0 Å². The van der Waals surface area contributed by atoms with Crippen LogP contribution in [-0.4, -0.2) is 12.0 Å². The normalized spacial score (nSPS) is 10.5. The SMILES string of the molecule is CNc1cc(-c2ccccc2)c2ccccc2n1. The van der Waals surface area contributed by atoms with Gasteiger partial charge in [-0.25, -0.2) is 4.98 Å². The topological polar surface area (TPSA) is 24.9 Å². The van der Waals surface area contributed by atoms with E-state index < -0.39 is 0 Å². The zero-order valence-corrected chi connectivity index (χ0v) is 10.2. The molecule has 0 saturated heterocycles. The van der Waals surface area contributed by atoms with Crippen LogP contribution in [0.25, 0.3) is 22.0 Å². The number of para-hydroxylation sites is 1. The van der Waals surface area contributed by atoms with Crippen LogP contribution in [0.1, 0.15) is 0 Å². The summed E-state index contributed by atoms with van der Waals surface area (Å²) in [4.78, 5) is 4.57. The van der Waals surface area contributed by atoms with Gasteiger partial charge in [0.1, 0.15) is 5.82 Å². The Balaban J connectivity index is 2.33. The Kier molecular flexibility index (Phi) is 2.69. The minimum atomic E-state index is 0.896. The van der Waals surface area contributed by atoms with Crippen molar-refractivity contribution in [2.45, 2.75) is 0 Å². The Bertz CT molecular complexity index is 675. The Morgan fingerprint density at radius 3 is 2.39 bits per heavy atom. The highest BCUT2D eigenvalue weighted by molar-refractivity contribution is 5.95. The van der Waals surface area contributed by atoms with E-state index in [4.69, 9.17) is 0 Å². The van der Waals surface area contributed by atoms with Crippen LogP contribution in [0, 0.1) is 0 Å². The van der Waals surface area contributed by atoms with Crippen LogP contribution in [0.5, 0.6) is 0 Å². The third-order valence-corrected chi connectivity index (χ3v) is 3.06. The molecule has 0 aliphatic rings. The van der Waals surface area contributed by atoms with E-state index in [1.807, 2.05) is 25.2 Å². The molecular weight excluding hydrogens is 220 g/mol. The molecule has 0 unspecified atom stereocenters. The van der Waals surface area contributed by atoms with Gasteiger partial charge in [0.15, 0.2) is 0 Å². The van der Waals surface area contributed by atoms with Gasteiger partial charge in [-0.05, 0) is 23.3 Å². The second kappa shape index (κ2) is 4.49. The third-order valence-electron chi connectivity index (χ3n) is 3.06. The number of anilines is 1. The van der Waals surface area contributed by atoms with Crippen molar-refractivity contribution < 1.29 is 0 Å². The Morgan fingerprint density at radius 1 is 0.889 bits per heavy atom. The number of hydrogen-bond acceptors (Lipinski definition) is 2. The van der Waals surface area contributed by atoms with Gasteiger partial charge in [-0.15, -0.1) is 0 Å². The first-order valence-electron chi connectivity index (χ1n) is 6.01. The first kappa shape index (κ1) is 10.8. The van der Waals surface area contributed by atoms with Gasteiger partial charge in [0.2, 0.25) is 0 Å². The van der Waals surface area contributed by atoms with Gasteiger partial charge in [0, 0.05) is 12.4 Å². The van der Waals surface area contributed by atoms with Crippen molar-refractivity contribution in [1.82, 2.24) is 4.98 Å². The first-order chi connectivity index (χ1) is 8.88. The number of nitrogens with zero attached hydrogens (tertiary/aromatic N) is 1. The maximum Gasteiger partial charge on any atom is 0.127 e. The van der Waals surface area contributed by atoms with Crippen molar-refractivity contribution >= 4 is 16.7 Å². The number of rotatable bonds is 2. The van der Waals surface area contributed by atoms with E-state index in [2.05, 4.69) is 52.8 Å². The maximum atomic E-state index is 4.57. The molecule has 0 bridgehead atoms. The summed E-state index contributed by atoms with van der Waals surface area (Å²) < 4.78 is 0. The van der Waals surface area contributed by atoms with Crippen molar-refractivity contribution in [3.63, 3.8) is 0 Å². The molecule has 1 heterocycles. The molecule has 2 nitrogen and oxygen atoms in total. The molecule has 0 spiro atoms. The monoisotopic (exact) mass is 234 g/mol. The summed E-state index contributed by atoms with van der Waals surface area (Å²) in [6.07, 6.45) is 0. The first-order valence-corrected chi connectivity index (χ1v) is 6.01. The lowest BCUT2D eigenvalue weighted by Gasteiger charge is -2.09. The molecule has 18 heavy (non-hydrogen) atoms. The van der Waals surface area contributed by atoms with E-state index in [1.54, 1.807) is 0 Å². The molecule has 0 radical (unpaired) electrons. The van der Waals surface area contributed by atoms with Crippen molar-refractivity contribution in [1.29, 1.82) is 0 Å². The van der Waals surface area contributed by atoms with Crippen LogP contribution < -0.4 is 5.32 Å². The molecule has 3 rings (SSSR count). The molecule has 2 heteroatoms. The Hall–Kier alpha value is -2.35. The van der Waals surface area contributed by atoms with E-state index in [9.17, 15) is 0 Å². The van der Waals surface area contributed by atoms with Crippen molar-refractivity contribution in [2.24, 2.45) is 0 Å². The summed E-state index contributed by atoms with van der Waals surface area (Å²) in [5.74, 6) is 0.896. The number of fused-ring (bicyclic) bond motifs is 1. The zero-order valence-electron chi connectivity index (χ0n) is 10.2. The summed E-state index contributed by atoms with van der Waals surface area (Å²) in [5.41, 5.74) is 3.45. The Labute approximate surface area is 106 Å². The average Bonchev–Trinajstić information content (AvgIpc) is 2.47. The van der Waals surface area contributed by atoms with Crippen LogP contribution in [0.4, 0.5) is 5.82 Å². The van der Waals surface area contributed by atoms with Crippen LogP contribution in [-0.2, 0) is 0 Å². The highest BCUT2D eigenvalue weighted by Gasteiger charge is 2.06. The number of hydrogen-bond donors (Lipinski definition) is 1. The van der Waals surface area contributed by atoms with Crippen LogP contribution >= 0.6 is 0 Å².